The fraction of sp³-hybridized carbons (Fsp3) is 0.278. The fourth-order valence-electron chi connectivity index (χ4n) is 2.23. The van der Waals surface area contributed by atoms with Crippen molar-refractivity contribution in [1.29, 1.82) is 0 Å². The molecule has 2 aromatic carbocycles. The Hall–Kier alpha value is -2.27. The van der Waals surface area contributed by atoms with E-state index in [9.17, 15) is 13.6 Å². The zero-order valence-corrected chi connectivity index (χ0v) is 13.4. The summed E-state index contributed by atoms with van der Waals surface area (Å²) in [6, 6.07) is 8.41. The highest BCUT2D eigenvalue weighted by molar-refractivity contribution is 5.95. The number of halogens is 2. The molecule has 0 spiro atoms. The molecule has 0 saturated carbocycles. The molecule has 3 nitrogen and oxygen atoms in total. The standard InChI is InChI=1S/C18H20F2N2O/c1-11-8-13(19)5-7-14(11)15-6-4-12(9-16(15)20)17(23)22-18(2,3)10-21/h4-9H,10,21H2,1-3H3,(H,22,23). The minimum atomic E-state index is -0.570. The third-order valence-electron chi connectivity index (χ3n) is 3.67. The SMILES string of the molecule is Cc1cc(F)ccc1-c1ccc(C(=O)NC(C)(C)CN)cc1F. The van der Waals surface area contributed by atoms with Crippen molar-refractivity contribution >= 4 is 5.91 Å². The predicted molar refractivity (Wildman–Crippen MR) is 87.1 cm³/mol. The highest BCUT2D eigenvalue weighted by Gasteiger charge is 2.20. The summed E-state index contributed by atoms with van der Waals surface area (Å²) in [4.78, 5) is 12.1. The van der Waals surface area contributed by atoms with E-state index in [0.717, 1.165) is 0 Å². The number of hydrogen-bond acceptors (Lipinski definition) is 2. The quantitative estimate of drug-likeness (QED) is 0.907. The molecule has 0 heterocycles. The van der Waals surface area contributed by atoms with E-state index in [-0.39, 0.29) is 23.8 Å². The zero-order valence-electron chi connectivity index (χ0n) is 13.4. The van der Waals surface area contributed by atoms with Gasteiger partial charge in [0.25, 0.3) is 5.91 Å². The minimum Gasteiger partial charge on any atom is -0.346 e. The Morgan fingerprint density at radius 1 is 1.13 bits per heavy atom. The molecule has 0 unspecified atom stereocenters. The van der Waals surface area contributed by atoms with E-state index in [4.69, 9.17) is 5.73 Å². The first kappa shape index (κ1) is 17.1. The number of amides is 1. The molecular formula is C18H20F2N2O. The summed E-state index contributed by atoms with van der Waals surface area (Å²) >= 11 is 0. The molecule has 0 atom stereocenters. The van der Waals surface area contributed by atoms with E-state index < -0.39 is 11.4 Å². The molecule has 2 aromatic rings. The van der Waals surface area contributed by atoms with E-state index >= 15 is 0 Å². The lowest BCUT2D eigenvalue weighted by Gasteiger charge is -2.24. The molecule has 23 heavy (non-hydrogen) atoms. The third kappa shape index (κ3) is 3.93. The molecule has 3 N–H and O–H groups in total. The molecule has 0 fully saturated rings. The number of aryl methyl sites for hydroxylation is 1. The van der Waals surface area contributed by atoms with Crippen LogP contribution in [0.1, 0.15) is 29.8 Å². The van der Waals surface area contributed by atoms with Gasteiger partial charge in [-0.2, -0.15) is 0 Å². The molecule has 0 aromatic heterocycles. The van der Waals surface area contributed by atoms with Crippen molar-refractivity contribution in [3.63, 3.8) is 0 Å². The Morgan fingerprint density at radius 2 is 1.78 bits per heavy atom. The van der Waals surface area contributed by atoms with Crippen molar-refractivity contribution in [3.8, 4) is 11.1 Å². The second-order valence-corrected chi connectivity index (χ2v) is 6.20. The lowest BCUT2D eigenvalue weighted by Crippen LogP contribution is -2.48. The first-order valence-corrected chi connectivity index (χ1v) is 7.32. The largest absolute Gasteiger partial charge is 0.346 e. The van der Waals surface area contributed by atoms with E-state index in [1.54, 1.807) is 26.8 Å². The molecule has 0 bridgehead atoms. The maximum absolute atomic E-state index is 14.4. The van der Waals surface area contributed by atoms with Gasteiger partial charge in [-0.15, -0.1) is 0 Å². The zero-order chi connectivity index (χ0) is 17.2. The van der Waals surface area contributed by atoms with Crippen LogP contribution in [-0.2, 0) is 0 Å². The average molecular weight is 318 g/mol. The first-order chi connectivity index (χ1) is 10.7. The van der Waals surface area contributed by atoms with Gasteiger partial charge >= 0.3 is 0 Å². The molecule has 1 amide bonds. The number of nitrogens with one attached hydrogen (secondary N) is 1. The van der Waals surface area contributed by atoms with E-state index in [1.807, 2.05) is 0 Å². The van der Waals surface area contributed by atoms with Crippen LogP contribution in [0.15, 0.2) is 36.4 Å². The minimum absolute atomic E-state index is 0.215. The van der Waals surface area contributed by atoms with Crippen LogP contribution < -0.4 is 11.1 Å². The molecule has 0 aliphatic rings. The van der Waals surface area contributed by atoms with Crippen LogP contribution in [0.5, 0.6) is 0 Å². The number of nitrogens with two attached hydrogens (primary N) is 1. The van der Waals surface area contributed by atoms with Crippen LogP contribution in [-0.4, -0.2) is 18.0 Å². The number of carbonyl (C=O) groups excluding carboxylic acids is 1. The van der Waals surface area contributed by atoms with Crippen molar-refractivity contribution in [2.24, 2.45) is 5.73 Å². The molecule has 122 valence electrons. The molecule has 0 aliphatic heterocycles. The lowest BCUT2D eigenvalue weighted by atomic mass is 9.98. The normalized spacial score (nSPS) is 11.4. The average Bonchev–Trinajstić information content (AvgIpc) is 2.47. The maximum atomic E-state index is 14.4. The van der Waals surface area contributed by atoms with Gasteiger partial charge in [0.15, 0.2) is 0 Å². The molecular weight excluding hydrogens is 298 g/mol. The van der Waals surface area contributed by atoms with Gasteiger partial charge in [0, 0.05) is 23.2 Å². The van der Waals surface area contributed by atoms with Crippen LogP contribution >= 0.6 is 0 Å². The summed E-state index contributed by atoms with van der Waals surface area (Å²) in [6.07, 6.45) is 0. The van der Waals surface area contributed by atoms with Gasteiger partial charge < -0.3 is 11.1 Å². The van der Waals surface area contributed by atoms with E-state index in [2.05, 4.69) is 5.32 Å². The first-order valence-electron chi connectivity index (χ1n) is 7.32. The molecule has 0 radical (unpaired) electrons. The molecule has 2 rings (SSSR count). The van der Waals surface area contributed by atoms with Gasteiger partial charge in [-0.3, -0.25) is 4.79 Å². The topological polar surface area (TPSA) is 55.1 Å². The number of benzene rings is 2. The van der Waals surface area contributed by atoms with Crippen molar-refractivity contribution < 1.29 is 13.6 Å². The highest BCUT2D eigenvalue weighted by atomic mass is 19.1. The molecule has 0 saturated heterocycles. The van der Waals surface area contributed by atoms with Gasteiger partial charge in [-0.05, 0) is 56.2 Å². The van der Waals surface area contributed by atoms with Crippen molar-refractivity contribution in [1.82, 2.24) is 5.32 Å². The summed E-state index contributed by atoms with van der Waals surface area (Å²) < 4.78 is 27.6. The number of hydrogen-bond donors (Lipinski definition) is 2. The second kappa shape index (κ2) is 6.46. The van der Waals surface area contributed by atoms with Crippen molar-refractivity contribution in [2.45, 2.75) is 26.3 Å². The lowest BCUT2D eigenvalue weighted by molar-refractivity contribution is 0.0915. The Balaban J connectivity index is 2.33. The predicted octanol–water partition coefficient (Wildman–Crippen LogP) is 3.41. The van der Waals surface area contributed by atoms with Crippen LogP contribution in [0.3, 0.4) is 0 Å². The summed E-state index contributed by atoms with van der Waals surface area (Å²) in [6.45, 7) is 5.56. The number of carbonyl (C=O) groups is 1. The third-order valence-corrected chi connectivity index (χ3v) is 3.67. The summed E-state index contributed by atoms with van der Waals surface area (Å²) in [7, 11) is 0. The van der Waals surface area contributed by atoms with Gasteiger partial charge in [0.1, 0.15) is 11.6 Å². The van der Waals surface area contributed by atoms with Crippen LogP contribution in [0, 0.1) is 18.6 Å². The highest BCUT2D eigenvalue weighted by Crippen LogP contribution is 2.27. The van der Waals surface area contributed by atoms with Crippen molar-refractivity contribution in [2.75, 3.05) is 6.54 Å². The van der Waals surface area contributed by atoms with Crippen molar-refractivity contribution in [3.05, 3.63) is 59.2 Å². The Kier molecular flexibility index (Phi) is 4.80. The Morgan fingerprint density at radius 3 is 2.35 bits per heavy atom. The number of rotatable bonds is 4. The Bertz CT molecular complexity index is 742. The molecule has 5 heteroatoms. The monoisotopic (exact) mass is 318 g/mol. The molecule has 0 aliphatic carbocycles. The summed E-state index contributed by atoms with van der Waals surface area (Å²) in [5.41, 5.74) is 6.77. The summed E-state index contributed by atoms with van der Waals surface area (Å²) in [5.74, 6) is -1.29. The van der Waals surface area contributed by atoms with Crippen LogP contribution in [0.25, 0.3) is 11.1 Å². The van der Waals surface area contributed by atoms with E-state index in [1.165, 1.54) is 30.3 Å². The summed E-state index contributed by atoms with van der Waals surface area (Å²) in [5, 5.41) is 2.75. The van der Waals surface area contributed by atoms with E-state index in [0.29, 0.717) is 16.7 Å². The smallest absolute Gasteiger partial charge is 0.251 e. The van der Waals surface area contributed by atoms with Gasteiger partial charge in [0.05, 0.1) is 0 Å². The Labute approximate surface area is 134 Å². The van der Waals surface area contributed by atoms with Crippen LogP contribution in [0.4, 0.5) is 8.78 Å². The van der Waals surface area contributed by atoms with Crippen LogP contribution in [0.2, 0.25) is 0 Å². The van der Waals surface area contributed by atoms with Gasteiger partial charge in [0.2, 0.25) is 0 Å². The second-order valence-electron chi connectivity index (χ2n) is 6.20. The van der Waals surface area contributed by atoms with Gasteiger partial charge in [-0.25, -0.2) is 8.78 Å². The van der Waals surface area contributed by atoms with Gasteiger partial charge in [-0.1, -0.05) is 12.1 Å². The maximum Gasteiger partial charge on any atom is 0.251 e. The fourth-order valence-corrected chi connectivity index (χ4v) is 2.23.